The number of nitrogens with one attached hydrogen (secondary N) is 1. The molecule has 0 aliphatic heterocycles. The molecule has 7 heteroatoms. The number of aromatic amines is 1. The first-order valence-electron chi connectivity index (χ1n) is 5.46. The van der Waals surface area contributed by atoms with E-state index < -0.39 is 5.97 Å². The Morgan fingerprint density at radius 1 is 1.50 bits per heavy atom. The lowest BCUT2D eigenvalue weighted by molar-refractivity contribution is 0.0512. The third kappa shape index (κ3) is 2.28. The number of hydrogen-bond acceptors (Lipinski definition) is 5. The van der Waals surface area contributed by atoms with Gasteiger partial charge >= 0.3 is 5.97 Å². The summed E-state index contributed by atoms with van der Waals surface area (Å²) in [7, 11) is 0. The van der Waals surface area contributed by atoms with Gasteiger partial charge in [0, 0.05) is 8.45 Å². The molecule has 0 saturated heterocycles. The zero-order valence-electron chi connectivity index (χ0n) is 9.87. The van der Waals surface area contributed by atoms with E-state index in [4.69, 9.17) is 4.74 Å². The molecule has 96 valence electrons. The van der Waals surface area contributed by atoms with Crippen molar-refractivity contribution in [1.82, 2.24) is 9.97 Å². The first kappa shape index (κ1) is 13.5. The number of hydrogen-bond donors (Lipinski definition) is 1. The minimum Gasteiger partial charge on any atom is -0.460 e. The molecule has 0 unspecified atom stereocenters. The highest BCUT2D eigenvalue weighted by Crippen LogP contribution is 2.29. The summed E-state index contributed by atoms with van der Waals surface area (Å²) in [6.45, 7) is 3.98. The topological polar surface area (TPSA) is 72.0 Å². The molecule has 2 rings (SSSR count). The Morgan fingerprint density at radius 3 is 2.83 bits per heavy atom. The van der Waals surface area contributed by atoms with Crippen LogP contribution in [0.15, 0.2) is 4.79 Å². The molecular formula is C11H11IN2O3S. The van der Waals surface area contributed by atoms with Crippen molar-refractivity contribution in [2.45, 2.75) is 20.3 Å². The van der Waals surface area contributed by atoms with Crippen LogP contribution in [0, 0.1) is 3.57 Å². The number of H-pyrrole nitrogens is 1. The van der Waals surface area contributed by atoms with Crippen molar-refractivity contribution >= 4 is 50.1 Å². The first-order chi connectivity index (χ1) is 8.58. The normalized spacial score (nSPS) is 10.8. The van der Waals surface area contributed by atoms with Crippen LogP contribution >= 0.6 is 33.9 Å². The van der Waals surface area contributed by atoms with Gasteiger partial charge in [-0.05, 0) is 35.9 Å². The van der Waals surface area contributed by atoms with E-state index in [1.54, 1.807) is 6.92 Å². The molecule has 0 atom stereocenters. The molecule has 0 amide bonds. The molecule has 1 N–H and O–H groups in total. The number of halogens is 1. The lowest BCUT2D eigenvalue weighted by Crippen LogP contribution is -2.17. The second kappa shape index (κ2) is 5.35. The summed E-state index contributed by atoms with van der Waals surface area (Å²) in [5.41, 5.74) is -0.289. The molecule has 2 heterocycles. The number of rotatable bonds is 3. The molecule has 2 aromatic heterocycles. The van der Waals surface area contributed by atoms with E-state index in [2.05, 4.69) is 32.6 Å². The molecule has 0 saturated carbocycles. The molecule has 0 radical (unpaired) electrons. The highest BCUT2D eigenvalue weighted by molar-refractivity contribution is 14.1. The average molecular weight is 378 g/mol. The Labute approximate surface area is 121 Å². The second-order valence-corrected chi connectivity index (χ2v) is 5.67. The van der Waals surface area contributed by atoms with Crippen LogP contribution < -0.4 is 5.56 Å². The van der Waals surface area contributed by atoms with Crippen molar-refractivity contribution < 1.29 is 9.53 Å². The maximum atomic E-state index is 12.0. The molecule has 0 bridgehead atoms. The predicted molar refractivity (Wildman–Crippen MR) is 78.3 cm³/mol. The molecule has 0 aliphatic rings. The molecule has 2 aromatic rings. The van der Waals surface area contributed by atoms with Crippen molar-refractivity contribution in [2.24, 2.45) is 0 Å². The summed E-state index contributed by atoms with van der Waals surface area (Å²) in [5.74, 6) is -0.632. The maximum Gasteiger partial charge on any atom is 0.374 e. The third-order valence-corrected chi connectivity index (χ3v) is 5.14. The Balaban J connectivity index is 2.63. The van der Waals surface area contributed by atoms with Gasteiger partial charge in [0.15, 0.2) is 0 Å². The molecule has 18 heavy (non-hydrogen) atoms. The van der Waals surface area contributed by atoms with Crippen LogP contribution in [0.5, 0.6) is 0 Å². The fraction of sp³-hybridized carbons (Fsp3) is 0.364. The zero-order valence-corrected chi connectivity index (χ0v) is 12.8. The van der Waals surface area contributed by atoms with E-state index >= 15 is 0 Å². The fourth-order valence-electron chi connectivity index (χ4n) is 1.54. The van der Waals surface area contributed by atoms with Crippen molar-refractivity contribution in [3.63, 3.8) is 0 Å². The van der Waals surface area contributed by atoms with Crippen LogP contribution in [0.4, 0.5) is 0 Å². The monoisotopic (exact) mass is 378 g/mol. The fourth-order valence-corrected chi connectivity index (χ4v) is 3.94. The van der Waals surface area contributed by atoms with E-state index in [1.165, 1.54) is 11.3 Å². The van der Waals surface area contributed by atoms with Crippen LogP contribution in [0.1, 0.15) is 29.3 Å². The van der Waals surface area contributed by atoms with Crippen molar-refractivity contribution in [1.29, 1.82) is 0 Å². The van der Waals surface area contributed by atoms with Gasteiger partial charge < -0.3 is 9.72 Å². The number of carbonyl (C=O) groups excluding carboxylic acids is 1. The minimum atomic E-state index is -0.599. The highest BCUT2D eigenvalue weighted by atomic mass is 127. The molecular weight excluding hydrogens is 367 g/mol. The Morgan fingerprint density at radius 2 is 2.22 bits per heavy atom. The van der Waals surface area contributed by atoms with E-state index in [-0.39, 0.29) is 18.0 Å². The quantitative estimate of drug-likeness (QED) is 0.658. The highest BCUT2D eigenvalue weighted by Gasteiger charge is 2.17. The number of nitrogens with zero attached hydrogens (tertiary/aromatic N) is 1. The largest absolute Gasteiger partial charge is 0.460 e. The Hall–Kier alpha value is -0.960. The van der Waals surface area contributed by atoms with E-state index in [1.807, 2.05) is 6.92 Å². The number of esters is 1. The summed E-state index contributed by atoms with van der Waals surface area (Å²) < 4.78 is 5.74. The summed E-state index contributed by atoms with van der Waals surface area (Å²) in [6, 6.07) is 0. The third-order valence-electron chi connectivity index (χ3n) is 2.36. The van der Waals surface area contributed by atoms with Crippen molar-refractivity contribution in [3.8, 4) is 0 Å². The van der Waals surface area contributed by atoms with Crippen molar-refractivity contribution in [2.75, 3.05) is 6.61 Å². The molecule has 0 spiro atoms. The van der Waals surface area contributed by atoms with E-state index in [9.17, 15) is 9.59 Å². The smallest absolute Gasteiger partial charge is 0.374 e. The standard InChI is InChI=1S/C11H11IN2O3S/c1-3-5-7(12)6-9(15)13-8(11(16)17-4-2)14-10(6)18-5/h3-4H2,1-2H3,(H,13,14,15). The Bertz CT molecular complexity index is 662. The predicted octanol–water partition coefficient (Wildman–Crippen LogP) is 2.33. The van der Waals surface area contributed by atoms with Gasteiger partial charge in [-0.1, -0.05) is 6.92 Å². The number of thiophene rings is 1. The van der Waals surface area contributed by atoms with Crippen LogP contribution in [0.2, 0.25) is 0 Å². The SMILES string of the molecule is CCOC(=O)c1nc2sc(CC)c(I)c2c(=O)[nH]1. The zero-order chi connectivity index (χ0) is 13.3. The summed E-state index contributed by atoms with van der Waals surface area (Å²) >= 11 is 3.58. The number of fused-ring (bicyclic) bond motifs is 1. The number of ether oxygens (including phenoxy) is 1. The summed E-state index contributed by atoms with van der Waals surface area (Å²) in [5, 5.41) is 0.561. The lowest BCUT2D eigenvalue weighted by atomic mass is 10.3. The van der Waals surface area contributed by atoms with Crippen LogP contribution in [-0.4, -0.2) is 22.5 Å². The molecule has 0 fully saturated rings. The van der Waals surface area contributed by atoms with Gasteiger partial charge in [-0.2, -0.15) is 0 Å². The van der Waals surface area contributed by atoms with Gasteiger partial charge in [0.05, 0.1) is 12.0 Å². The van der Waals surface area contributed by atoms with E-state index in [0.717, 1.165) is 14.9 Å². The number of aromatic nitrogens is 2. The average Bonchev–Trinajstić information content (AvgIpc) is 2.66. The van der Waals surface area contributed by atoms with Gasteiger partial charge in [0.1, 0.15) is 4.83 Å². The van der Waals surface area contributed by atoms with Crippen LogP contribution in [0.3, 0.4) is 0 Å². The molecule has 0 aliphatic carbocycles. The summed E-state index contributed by atoms with van der Waals surface area (Å²) in [6.07, 6.45) is 0.841. The maximum absolute atomic E-state index is 12.0. The Kier molecular flexibility index (Phi) is 4.00. The van der Waals surface area contributed by atoms with Gasteiger partial charge in [-0.25, -0.2) is 9.78 Å². The van der Waals surface area contributed by atoms with Gasteiger partial charge in [0.25, 0.3) is 5.56 Å². The van der Waals surface area contributed by atoms with Crippen molar-refractivity contribution in [3.05, 3.63) is 24.6 Å². The second-order valence-electron chi connectivity index (χ2n) is 3.51. The summed E-state index contributed by atoms with van der Waals surface area (Å²) in [4.78, 5) is 31.8. The lowest BCUT2D eigenvalue weighted by Gasteiger charge is -2.00. The van der Waals surface area contributed by atoms with E-state index in [0.29, 0.717) is 10.2 Å². The number of aryl methyl sites for hydroxylation is 1. The minimum absolute atomic E-state index is 0.0327. The van der Waals surface area contributed by atoms with Crippen LogP contribution in [-0.2, 0) is 11.2 Å². The van der Waals surface area contributed by atoms with Gasteiger partial charge in [0.2, 0.25) is 5.82 Å². The van der Waals surface area contributed by atoms with Gasteiger partial charge in [-0.3, -0.25) is 4.79 Å². The van der Waals surface area contributed by atoms with Crippen LogP contribution in [0.25, 0.3) is 10.2 Å². The first-order valence-corrected chi connectivity index (χ1v) is 7.36. The number of carbonyl (C=O) groups is 1. The molecule has 0 aromatic carbocycles. The van der Waals surface area contributed by atoms with Gasteiger partial charge in [-0.15, -0.1) is 11.3 Å². The molecule has 5 nitrogen and oxygen atoms in total.